The highest BCUT2D eigenvalue weighted by molar-refractivity contribution is 5.95. The average molecular weight is 422 g/mol. The third kappa shape index (κ3) is 4.13. The summed E-state index contributed by atoms with van der Waals surface area (Å²) >= 11 is 0. The van der Waals surface area contributed by atoms with Gasteiger partial charge in [-0.1, -0.05) is 36.4 Å². The zero-order valence-electron chi connectivity index (χ0n) is 17.7. The van der Waals surface area contributed by atoms with E-state index in [2.05, 4.69) is 60.5 Å². The van der Waals surface area contributed by atoms with Crippen molar-refractivity contribution in [2.45, 2.75) is 6.42 Å². The Balaban J connectivity index is 1.39. The molecule has 158 valence electrons. The lowest BCUT2D eigenvalue weighted by molar-refractivity contribution is 0.968. The molecule has 0 bridgehead atoms. The summed E-state index contributed by atoms with van der Waals surface area (Å²) in [7, 11) is 2.01. The largest absolute Gasteiger partial charge is 0.354 e. The molecule has 0 aliphatic rings. The summed E-state index contributed by atoms with van der Waals surface area (Å²) in [5, 5.41) is 3.31. The number of fused-ring (bicyclic) bond motifs is 1. The van der Waals surface area contributed by atoms with E-state index >= 15 is 0 Å². The van der Waals surface area contributed by atoms with Crippen molar-refractivity contribution in [2.75, 3.05) is 23.8 Å². The minimum atomic E-state index is 0.601. The van der Waals surface area contributed by atoms with Crippen LogP contribution in [0.5, 0.6) is 0 Å². The number of aromatic nitrogens is 5. The molecule has 0 spiro atoms. The lowest BCUT2D eigenvalue weighted by Gasteiger charge is -2.20. The van der Waals surface area contributed by atoms with Crippen LogP contribution < -0.4 is 10.2 Å². The van der Waals surface area contributed by atoms with Gasteiger partial charge in [0.2, 0.25) is 5.95 Å². The molecule has 3 aromatic heterocycles. The van der Waals surface area contributed by atoms with Crippen molar-refractivity contribution in [3.63, 3.8) is 0 Å². The maximum atomic E-state index is 4.71. The van der Waals surface area contributed by atoms with Gasteiger partial charge in [-0.2, -0.15) is 4.98 Å². The molecule has 0 amide bonds. The van der Waals surface area contributed by atoms with Crippen LogP contribution in [0.15, 0.2) is 85.6 Å². The number of anilines is 3. The Morgan fingerprint density at radius 2 is 1.88 bits per heavy atom. The van der Waals surface area contributed by atoms with Crippen molar-refractivity contribution in [1.82, 2.24) is 24.9 Å². The highest BCUT2D eigenvalue weighted by Crippen LogP contribution is 2.33. The van der Waals surface area contributed by atoms with E-state index < -0.39 is 0 Å². The van der Waals surface area contributed by atoms with Crippen molar-refractivity contribution < 1.29 is 0 Å². The number of nitrogens with one attached hydrogen (secondary N) is 2. The van der Waals surface area contributed by atoms with Crippen LogP contribution in [0, 0.1) is 0 Å². The van der Waals surface area contributed by atoms with Gasteiger partial charge in [0.15, 0.2) is 0 Å². The molecule has 7 heteroatoms. The first kappa shape index (κ1) is 19.7. The summed E-state index contributed by atoms with van der Waals surface area (Å²) in [4.78, 5) is 23.1. The minimum Gasteiger partial charge on any atom is -0.354 e. The zero-order chi connectivity index (χ0) is 21.8. The van der Waals surface area contributed by atoms with Gasteiger partial charge in [-0.3, -0.25) is 4.98 Å². The fourth-order valence-corrected chi connectivity index (χ4v) is 3.68. The molecule has 2 N–H and O–H groups in total. The second-order valence-electron chi connectivity index (χ2n) is 7.49. The SMILES string of the molecule is CN(c1cc(-c2ccccc2)c2nc[nH]c2c1)c1ccnc(NCCc2cccnc2)n1. The van der Waals surface area contributed by atoms with Gasteiger partial charge in [-0.25, -0.2) is 9.97 Å². The second-order valence-corrected chi connectivity index (χ2v) is 7.49. The molecule has 0 atom stereocenters. The van der Waals surface area contributed by atoms with Crippen LogP contribution in [-0.2, 0) is 6.42 Å². The van der Waals surface area contributed by atoms with E-state index in [1.165, 1.54) is 5.56 Å². The van der Waals surface area contributed by atoms with E-state index in [1.807, 2.05) is 43.6 Å². The molecule has 0 aliphatic heterocycles. The van der Waals surface area contributed by atoms with Crippen LogP contribution in [0.3, 0.4) is 0 Å². The summed E-state index contributed by atoms with van der Waals surface area (Å²) in [5.41, 5.74) is 6.33. The molecule has 5 aromatic rings. The maximum Gasteiger partial charge on any atom is 0.224 e. The van der Waals surface area contributed by atoms with Crippen LogP contribution in [-0.4, -0.2) is 38.5 Å². The Bertz CT molecular complexity index is 1320. The average Bonchev–Trinajstić information content (AvgIpc) is 3.33. The van der Waals surface area contributed by atoms with E-state index in [0.29, 0.717) is 5.95 Å². The van der Waals surface area contributed by atoms with Crippen molar-refractivity contribution in [3.8, 4) is 11.1 Å². The molecule has 0 aliphatic carbocycles. The monoisotopic (exact) mass is 421 g/mol. The first-order chi connectivity index (χ1) is 15.8. The Morgan fingerprint density at radius 1 is 0.969 bits per heavy atom. The van der Waals surface area contributed by atoms with Crippen LogP contribution in [0.1, 0.15) is 5.56 Å². The molecular weight excluding hydrogens is 398 g/mol. The van der Waals surface area contributed by atoms with Crippen molar-refractivity contribution in [3.05, 3.63) is 91.1 Å². The number of rotatable bonds is 7. The van der Waals surface area contributed by atoms with Gasteiger partial charge in [0, 0.05) is 43.4 Å². The maximum absolute atomic E-state index is 4.71. The molecule has 0 radical (unpaired) electrons. The Labute approximate surface area is 186 Å². The van der Waals surface area contributed by atoms with Crippen LogP contribution >= 0.6 is 0 Å². The predicted molar refractivity (Wildman–Crippen MR) is 128 cm³/mol. The highest BCUT2D eigenvalue weighted by Gasteiger charge is 2.13. The summed E-state index contributed by atoms with van der Waals surface area (Å²) < 4.78 is 0. The molecule has 32 heavy (non-hydrogen) atoms. The standard InChI is InChI=1S/C25H23N7/c1-32(23-10-13-28-25(31-23)27-12-9-18-6-5-11-26-16-18)20-14-21(19-7-3-2-4-8-19)24-22(15-20)29-17-30-24/h2-8,10-11,13-17H,9,12H2,1H3,(H,29,30)(H,27,28,31). The van der Waals surface area contributed by atoms with Gasteiger partial charge in [0.05, 0.1) is 17.4 Å². The molecule has 7 nitrogen and oxygen atoms in total. The Hall–Kier alpha value is -4.26. The first-order valence-electron chi connectivity index (χ1n) is 10.5. The summed E-state index contributed by atoms with van der Waals surface area (Å²) in [5.74, 6) is 1.41. The summed E-state index contributed by atoms with van der Waals surface area (Å²) in [6, 6.07) is 20.5. The quantitative estimate of drug-likeness (QED) is 0.391. The molecular formula is C25H23N7. The molecule has 0 saturated carbocycles. The van der Waals surface area contributed by atoms with Gasteiger partial charge in [-0.05, 0) is 41.8 Å². The fourth-order valence-electron chi connectivity index (χ4n) is 3.68. The van der Waals surface area contributed by atoms with Crippen LogP contribution in [0.4, 0.5) is 17.5 Å². The molecule has 5 rings (SSSR count). The first-order valence-corrected chi connectivity index (χ1v) is 10.5. The third-order valence-corrected chi connectivity index (χ3v) is 5.38. The van der Waals surface area contributed by atoms with Crippen molar-refractivity contribution in [2.24, 2.45) is 0 Å². The van der Waals surface area contributed by atoms with Crippen LogP contribution in [0.25, 0.3) is 22.2 Å². The Morgan fingerprint density at radius 3 is 2.72 bits per heavy atom. The number of H-pyrrole nitrogens is 1. The molecule has 3 heterocycles. The van der Waals surface area contributed by atoms with E-state index in [0.717, 1.165) is 46.6 Å². The number of pyridine rings is 1. The molecule has 2 aromatic carbocycles. The van der Waals surface area contributed by atoms with E-state index in [1.54, 1.807) is 18.7 Å². The normalized spacial score (nSPS) is 10.9. The predicted octanol–water partition coefficient (Wildman–Crippen LogP) is 4.84. The van der Waals surface area contributed by atoms with Gasteiger partial charge in [-0.15, -0.1) is 0 Å². The molecule has 0 fully saturated rings. The van der Waals surface area contributed by atoms with Gasteiger partial charge < -0.3 is 15.2 Å². The number of hydrogen-bond acceptors (Lipinski definition) is 6. The Kier molecular flexibility index (Phi) is 5.45. The molecule has 0 unspecified atom stereocenters. The van der Waals surface area contributed by atoms with E-state index in [-0.39, 0.29) is 0 Å². The topological polar surface area (TPSA) is 82.6 Å². The number of aromatic amines is 1. The van der Waals surface area contributed by atoms with Gasteiger partial charge >= 0.3 is 0 Å². The lowest BCUT2D eigenvalue weighted by Crippen LogP contribution is -2.14. The number of benzene rings is 2. The van der Waals surface area contributed by atoms with Crippen molar-refractivity contribution >= 4 is 28.5 Å². The number of imidazole rings is 1. The highest BCUT2D eigenvalue weighted by atomic mass is 15.2. The van der Waals surface area contributed by atoms with Gasteiger partial charge in [0.1, 0.15) is 5.82 Å². The smallest absolute Gasteiger partial charge is 0.224 e. The third-order valence-electron chi connectivity index (χ3n) is 5.38. The lowest BCUT2D eigenvalue weighted by atomic mass is 10.0. The second kappa shape index (κ2) is 8.85. The summed E-state index contributed by atoms with van der Waals surface area (Å²) in [6.07, 6.45) is 8.02. The van der Waals surface area contributed by atoms with Gasteiger partial charge in [0.25, 0.3) is 0 Å². The van der Waals surface area contributed by atoms with Crippen molar-refractivity contribution in [1.29, 1.82) is 0 Å². The summed E-state index contributed by atoms with van der Waals surface area (Å²) in [6.45, 7) is 0.733. The van der Waals surface area contributed by atoms with Crippen LogP contribution in [0.2, 0.25) is 0 Å². The minimum absolute atomic E-state index is 0.601. The van der Waals surface area contributed by atoms with E-state index in [9.17, 15) is 0 Å². The molecule has 0 saturated heterocycles. The number of hydrogen-bond donors (Lipinski definition) is 2. The zero-order valence-corrected chi connectivity index (χ0v) is 17.7. The fraction of sp³-hybridized carbons (Fsp3) is 0.120. The van der Waals surface area contributed by atoms with E-state index in [4.69, 9.17) is 4.98 Å². The number of nitrogens with zero attached hydrogens (tertiary/aromatic N) is 5.